The fourth-order valence-corrected chi connectivity index (χ4v) is 1.20. The van der Waals surface area contributed by atoms with Crippen molar-refractivity contribution in [2.75, 3.05) is 7.11 Å². The second-order valence-corrected chi connectivity index (χ2v) is 2.91. The summed E-state index contributed by atoms with van der Waals surface area (Å²) in [5, 5.41) is 9.25. The highest BCUT2D eigenvalue weighted by Gasteiger charge is 2.32. The van der Waals surface area contributed by atoms with Crippen LogP contribution in [0.2, 0.25) is 0 Å². The first-order valence-corrected chi connectivity index (χ1v) is 3.77. The lowest BCUT2D eigenvalue weighted by molar-refractivity contribution is -0.223. The standard InChI is InChI=1S/C7H15NO3/c1-4-5(8)3-6(10-2)7(9)11-4/h4-7,9H,3,8H2,1-2H3/t4-,5+,6+,7+/m1/s1. The van der Waals surface area contributed by atoms with Gasteiger partial charge in [-0.1, -0.05) is 0 Å². The second-order valence-electron chi connectivity index (χ2n) is 2.91. The van der Waals surface area contributed by atoms with Crippen molar-refractivity contribution in [3.8, 4) is 0 Å². The van der Waals surface area contributed by atoms with Gasteiger partial charge in [0, 0.05) is 13.2 Å². The van der Waals surface area contributed by atoms with E-state index in [0.29, 0.717) is 6.42 Å². The first-order valence-electron chi connectivity index (χ1n) is 3.77. The molecule has 0 aromatic rings. The molecular formula is C7H15NO3. The van der Waals surface area contributed by atoms with Crippen molar-refractivity contribution in [1.82, 2.24) is 0 Å². The van der Waals surface area contributed by atoms with Gasteiger partial charge in [0.2, 0.25) is 0 Å². The highest BCUT2D eigenvalue weighted by molar-refractivity contribution is 4.81. The van der Waals surface area contributed by atoms with Gasteiger partial charge < -0.3 is 20.3 Å². The lowest BCUT2D eigenvalue weighted by Crippen LogP contribution is -2.50. The van der Waals surface area contributed by atoms with Crippen LogP contribution in [0.5, 0.6) is 0 Å². The average molecular weight is 161 g/mol. The van der Waals surface area contributed by atoms with Crippen LogP contribution in [0.1, 0.15) is 13.3 Å². The molecule has 1 fully saturated rings. The Kier molecular flexibility index (Phi) is 2.84. The number of ether oxygens (including phenoxy) is 2. The molecule has 1 saturated heterocycles. The Morgan fingerprint density at radius 1 is 1.64 bits per heavy atom. The van der Waals surface area contributed by atoms with Crippen LogP contribution < -0.4 is 5.73 Å². The highest BCUT2D eigenvalue weighted by atomic mass is 16.6. The summed E-state index contributed by atoms with van der Waals surface area (Å²) in [5.74, 6) is 0. The molecule has 1 aliphatic rings. The number of hydrogen-bond acceptors (Lipinski definition) is 4. The van der Waals surface area contributed by atoms with Crippen LogP contribution >= 0.6 is 0 Å². The highest BCUT2D eigenvalue weighted by Crippen LogP contribution is 2.18. The molecule has 1 heterocycles. The van der Waals surface area contributed by atoms with E-state index in [4.69, 9.17) is 15.2 Å². The molecule has 11 heavy (non-hydrogen) atoms. The summed E-state index contributed by atoms with van der Waals surface area (Å²) < 4.78 is 10.1. The van der Waals surface area contributed by atoms with Gasteiger partial charge in [0.05, 0.1) is 6.10 Å². The van der Waals surface area contributed by atoms with Crippen LogP contribution in [-0.2, 0) is 9.47 Å². The number of aliphatic hydroxyl groups excluding tert-OH is 1. The average Bonchev–Trinajstić information content (AvgIpc) is 1.97. The summed E-state index contributed by atoms with van der Waals surface area (Å²) in [6, 6.07) is -0.0386. The van der Waals surface area contributed by atoms with Crippen molar-refractivity contribution in [3.63, 3.8) is 0 Å². The molecule has 0 spiro atoms. The first-order chi connectivity index (χ1) is 5.15. The summed E-state index contributed by atoms with van der Waals surface area (Å²) in [6.45, 7) is 1.85. The Hall–Kier alpha value is -0.160. The third kappa shape index (κ3) is 1.90. The minimum absolute atomic E-state index is 0.0386. The third-order valence-electron chi connectivity index (χ3n) is 2.08. The Morgan fingerprint density at radius 3 is 2.82 bits per heavy atom. The quantitative estimate of drug-likeness (QED) is 0.542. The molecule has 0 aromatic carbocycles. The minimum Gasteiger partial charge on any atom is -0.376 e. The molecule has 4 nitrogen and oxygen atoms in total. The molecule has 0 unspecified atom stereocenters. The van der Waals surface area contributed by atoms with E-state index in [2.05, 4.69) is 0 Å². The van der Waals surface area contributed by atoms with Gasteiger partial charge in [-0.3, -0.25) is 0 Å². The van der Waals surface area contributed by atoms with Gasteiger partial charge >= 0.3 is 0 Å². The maximum atomic E-state index is 9.25. The fraction of sp³-hybridized carbons (Fsp3) is 1.00. The van der Waals surface area contributed by atoms with E-state index in [1.807, 2.05) is 6.92 Å². The van der Waals surface area contributed by atoms with Crippen molar-refractivity contribution in [2.45, 2.75) is 37.9 Å². The summed E-state index contributed by atoms with van der Waals surface area (Å²) in [4.78, 5) is 0. The van der Waals surface area contributed by atoms with E-state index in [1.54, 1.807) is 7.11 Å². The molecule has 4 heteroatoms. The smallest absolute Gasteiger partial charge is 0.181 e. The van der Waals surface area contributed by atoms with Crippen LogP contribution in [0.15, 0.2) is 0 Å². The van der Waals surface area contributed by atoms with Crippen molar-refractivity contribution in [2.24, 2.45) is 5.73 Å². The van der Waals surface area contributed by atoms with Gasteiger partial charge in [-0.05, 0) is 13.3 Å². The topological polar surface area (TPSA) is 64.7 Å². The van der Waals surface area contributed by atoms with Gasteiger partial charge in [0.15, 0.2) is 6.29 Å². The summed E-state index contributed by atoms with van der Waals surface area (Å²) >= 11 is 0. The zero-order valence-corrected chi connectivity index (χ0v) is 6.86. The Bertz CT molecular complexity index is 131. The fourth-order valence-electron chi connectivity index (χ4n) is 1.20. The van der Waals surface area contributed by atoms with Crippen LogP contribution in [-0.4, -0.2) is 36.8 Å². The van der Waals surface area contributed by atoms with E-state index < -0.39 is 6.29 Å². The SMILES string of the molecule is CO[C@H]1C[C@H](N)[C@@H](C)O[C@@H]1O. The number of nitrogens with two attached hydrogens (primary N) is 1. The molecule has 0 amide bonds. The lowest BCUT2D eigenvalue weighted by atomic mass is 10.0. The third-order valence-corrected chi connectivity index (χ3v) is 2.08. The van der Waals surface area contributed by atoms with Gasteiger partial charge in [-0.25, -0.2) is 0 Å². The first kappa shape index (κ1) is 8.93. The van der Waals surface area contributed by atoms with Crippen LogP contribution in [0.3, 0.4) is 0 Å². The van der Waals surface area contributed by atoms with E-state index in [0.717, 1.165) is 0 Å². The predicted molar refractivity (Wildman–Crippen MR) is 39.9 cm³/mol. The van der Waals surface area contributed by atoms with Crippen molar-refractivity contribution in [3.05, 3.63) is 0 Å². The van der Waals surface area contributed by atoms with E-state index >= 15 is 0 Å². The van der Waals surface area contributed by atoms with Crippen LogP contribution in [0, 0.1) is 0 Å². The molecule has 3 N–H and O–H groups in total. The largest absolute Gasteiger partial charge is 0.376 e. The summed E-state index contributed by atoms with van der Waals surface area (Å²) in [6.07, 6.45) is -0.536. The number of aliphatic hydroxyl groups is 1. The number of rotatable bonds is 1. The summed E-state index contributed by atoms with van der Waals surface area (Å²) in [5.41, 5.74) is 5.69. The van der Waals surface area contributed by atoms with Gasteiger partial charge in [-0.15, -0.1) is 0 Å². The van der Waals surface area contributed by atoms with E-state index in [9.17, 15) is 5.11 Å². The van der Waals surface area contributed by atoms with Crippen molar-refractivity contribution in [1.29, 1.82) is 0 Å². The minimum atomic E-state index is -0.824. The molecule has 0 bridgehead atoms. The zero-order chi connectivity index (χ0) is 8.43. The van der Waals surface area contributed by atoms with Gasteiger partial charge in [0.1, 0.15) is 6.10 Å². The monoisotopic (exact) mass is 161 g/mol. The summed E-state index contributed by atoms with van der Waals surface area (Å²) in [7, 11) is 1.54. The lowest BCUT2D eigenvalue weighted by Gasteiger charge is -2.35. The molecule has 0 aromatic heterocycles. The molecule has 0 radical (unpaired) electrons. The molecule has 66 valence electrons. The second kappa shape index (κ2) is 3.49. The van der Waals surface area contributed by atoms with Gasteiger partial charge in [-0.2, -0.15) is 0 Å². The van der Waals surface area contributed by atoms with Crippen molar-refractivity contribution >= 4 is 0 Å². The maximum Gasteiger partial charge on any atom is 0.181 e. The number of hydrogen-bond donors (Lipinski definition) is 2. The van der Waals surface area contributed by atoms with Crippen LogP contribution in [0.25, 0.3) is 0 Å². The predicted octanol–water partition coefficient (Wildman–Crippen LogP) is -0.544. The van der Waals surface area contributed by atoms with E-state index in [1.165, 1.54) is 0 Å². The number of methoxy groups -OCH3 is 1. The molecule has 0 saturated carbocycles. The van der Waals surface area contributed by atoms with Crippen LogP contribution in [0.4, 0.5) is 0 Å². The van der Waals surface area contributed by atoms with E-state index in [-0.39, 0.29) is 18.2 Å². The molecule has 1 aliphatic heterocycles. The Labute approximate surface area is 66.3 Å². The van der Waals surface area contributed by atoms with Gasteiger partial charge in [0.25, 0.3) is 0 Å². The maximum absolute atomic E-state index is 9.25. The molecule has 0 aliphatic carbocycles. The Balaban J connectivity index is 2.48. The normalized spacial score (nSPS) is 45.8. The molecule has 1 rings (SSSR count). The Morgan fingerprint density at radius 2 is 2.27 bits per heavy atom. The van der Waals surface area contributed by atoms with Crippen molar-refractivity contribution < 1.29 is 14.6 Å². The zero-order valence-electron chi connectivity index (χ0n) is 6.86. The molecule has 4 atom stereocenters. The molecular weight excluding hydrogens is 146 g/mol.